The largest absolute Gasteiger partial charge is 0.393 e. The molecule has 0 radical (unpaired) electrons. The van der Waals surface area contributed by atoms with Crippen LogP contribution in [0.3, 0.4) is 0 Å². The van der Waals surface area contributed by atoms with E-state index in [1.54, 1.807) is 6.07 Å². The molecule has 0 spiro atoms. The number of hydrogen-bond acceptors (Lipinski definition) is 6. The van der Waals surface area contributed by atoms with Crippen LogP contribution in [0.5, 0.6) is 0 Å². The SMILES string of the molecule is Cn1cc(CN2CC3CCN(c4ncnc5sc(CC(F)(F)F)cc45)CC3C2)cn1. The van der Waals surface area contributed by atoms with Crippen LogP contribution in [0.2, 0.25) is 0 Å². The maximum Gasteiger partial charge on any atom is 0.393 e. The van der Waals surface area contributed by atoms with E-state index in [4.69, 9.17) is 0 Å². The molecule has 5 rings (SSSR count). The summed E-state index contributed by atoms with van der Waals surface area (Å²) in [4.78, 5) is 14.3. The zero-order valence-corrected chi connectivity index (χ0v) is 17.5. The summed E-state index contributed by atoms with van der Waals surface area (Å²) < 4.78 is 40.3. The third kappa shape index (κ3) is 4.02. The minimum Gasteiger partial charge on any atom is -0.356 e. The molecule has 2 unspecified atom stereocenters. The molecule has 0 bridgehead atoms. The smallest absolute Gasteiger partial charge is 0.356 e. The summed E-state index contributed by atoms with van der Waals surface area (Å²) in [6.45, 7) is 4.77. The molecule has 10 heteroatoms. The first-order chi connectivity index (χ1) is 14.3. The van der Waals surface area contributed by atoms with Gasteiger partial charge in [-0.05, 0) is 24.3 Å². The quantitative estimate of drug-likeness (QED) is 0.627. The second kappa shape index (κ2) is 7.49. The zero-order valence-electron chi connectivity index (χ0n) is 16.6. The summed E-state index contributed by atoms with van der Waals surface area (Å²) in [5, 5.41) is 4.99. The van der Waals surface area contributed by atoms with Gasteiger partial charge in [-0.3, -0.25) is 9.58 Å². The molecule has 6 nitrogen and oxygen atoms in total. The first kappa shape index (κ1) is 19.7. The number of aromatic nitrogens is 4. The number of fused-ring (bicyclic) bond motifs is 2. The predicted molar refractivity (Wildman–Crippen MR) is 109 cm³/mol. The van der Waals surface area contributed by atoms with Gasteiger partial charge in [-0.2, -0.15) is 18.3 Å². The second-order valence-corrected chi connectivity index (χ2v) is 9.51. The van der Waals surface area contributed by atoms with Crippen molar-refractivity contribution in [3.8, 4) is 0 Å². The average molecular weight is 437 g/mol. The fraction of sp³-hybridized carbons (Fsp3) is 0.550. The summed E-state index contributed by atoms with van der Waals surface area (Å²) in [7, 11) is 1.93. The number of hydrogen-bond donors (Lipinski definition) is 0. The lowest BCUT2D eigenvalue weighted by Crippen LogP contribution is -2.40. The van der Waals surface area contributed by atoms with E-state index in [1.165, 1.54) is 11.9 Å². The van der Waals surface area contributed by atoms with Gasteiger partial charge in [0, 0.05) is 56.4 Å². The van der Waals surface area contributed by atoms with Crippen LogP contribution in [0.25, 0.3) is 10.2 Å². The van der Waals surface area contributed by atoms with E-state index in [0.29, 0.717) is 16.7 Å². The number of thiophene rings is 1. The van der Waals surface area contributed by atoms with Crippen LogP contribution >= 0.6 is 11.3 Å². The van der Waals surface area contributed by atoms with Gasteiger partial charge in [0.25, 0.3) is 0 Å². The minimum atomic E-state index is -4.21. The summed E-state index contributed by atoms with van der Waals surface area (Å²) in [6, 6.07) is 1.62. The van der Waals surface area contributed by atoms with Crippen molar-refractivity contribution < 1.29 is 13.2 Å². The standard InChI is InChI=1S/C20H23F3N6S/c1-27-7-13(6-26-27)8-28-9-14-2-3-29(11-15(14)10-28)18-17-4-16(5-20(21,22)23)30-19(17)25-12-24-18/h4,6-7,12,14-15H,2-3,5,8-11H2,1H3. The Morgan fingerprint density at radius 2 is 2.00 bits per heavy atom. The zero-order chi connectivity index (χ0) is 20.9. The van der Waals surface area contributed by atoms with Crippen LogP contribution in [0, 0.1) is 11.8 Å². The topological polar surface area (TPSA) is 50.1 Å². The van der Waals surface area contributed by atoms with Gasteiger partial charge in [-0.1, -0.05) is 0 Å². The van der Waals surface area contributed by atoms with Gasteiger partial charge in [0.15, 0.2) is 0 Å². The number of halogens is 3. The third-order valence-electron chi connectivity index (χ3n) is 6.07. The molecule has 30 heavy (non-hydrogen) atoms. The maximum absolute atomic E-state index is 12.8. The van der Waals surface area contributed by atoms with Crippen molar-refractivity contribution in [2.24, 2.45) is 18.9 Å². The highest BCUT2D eigenvalue weighted by molar-refractivity contribution is 7.18. The lowest BCUT2D eigenvalue weighted by atomic mass is 9.88. The van der Waals surface area contributed by atoms with Crippen LogP contribution in [0.1, 0.15) is 16.9 Å². The lowest BCUT2D eigenvalue weighted by molar-refractivity contribution is -0.126. The minimum absolute atomic E-state index is 0.289. The van der Waals surface area contributed by atoms with Gasteiger partial charge in [-0.25, -0.2) is 9.97 Å². The van der Waals surface area contributed by atoms with Crippen molar-refractivity contribution in [3.63, 3.8) is 0 Å². The number of rotatable bonds is 4. The molecule has 2 aliphatic heterocycles. The van der Waals surface area contributed by atoms with Crippen molar-refractivity contribution in [2.75, 3.05) is 31.1 Å². The van der Waals surface area contributed by atoms with Crippen molar-refractivity contribution >= 4 is 27.4 Å². The van der Waals surface area contributed by atoms with Gasteiger partial charge >= 0.3 is 6.18 Å². The van der Waals surface area contributed by atoms with Gasteiger partial charge in [0.2, 0.25) is 0 Å². The van der Waals surface area contributed by atoms with Crippen molar-refractivity contribution in [2.45, 2.75) is 25.6 Å². The first-order valence-corrected chi connectivity index (χ1v) is 10.9. The van der Waals surface area contributed by atoms with Crippen LogP contribution < -0.4 is 4.90 Å². The monoisotopic (exact) mass is 436 g/mol. The van der Waals surface area contributed by atoms with Crippen LogP contribution in [0.4, 0.5) is 19.0 Å². The molecule has 2 fully saturated rings. The molecule has 0 amide bonds. The Morgan fingerprint density at radius 3 is 2.77 bits per heavy atom. The van der Waals surface area contributed by atoms with E-state index < -0.39 is 12.6 Å². The number of likely N-dealkylation sites (tertiary alicyclic amines) is 1. The van der Waals surface area contributed by atoms with Crippen LogP contribution in [-0.4, -0.2) is 57.0 Å². The van der Waals surface area contributed by atoms with E-state index >= 15 is 0 Å². The highest BCUT2D eigenvalue weighted by Gasteiger charge is 2.38. The Hall–Kier alpha value is -2.20. The number of aryl methyl sites for hydroxylation is 1. The fourth-order valence-corrected chi connectivity index (χ4v) is 5.85. The summed E-state index contributed by atoms with van der Waals surface area (Å²) in [6.07, 6.45) is 1.39. The highest BCUT2D eigenvalue weighted by Crippen LogP contribution is 2.38. The lowest BCUT2D eigenvalue weighted by Gasteiger charge is -2.35. The van der Waals surface area contributed by atoms with Gasteiger partial charge < -0.3 is 4.90 Å². The molecule has 3 aromatic heterocycles. The van der Waals surface area contributed by atoms with Crippen LogP contribution in [-0.2, 0) is 20.0 Å². The van der Waals surface area contributed by atoms with Crippen molar-refractivity contribution in [3.05, 3.63) is 35.2 Å². The highest BCUT2D eigenvalue weighted by atomic mass is 32.1. The Kier molecular flexibility index (Phi) is 4.93. The molecule has 0 saturated carbocycles. The van der Waals surface area contributed by atoms with E-state index in [1.807, 2.05) is 17.9 Å². The van der Waals surface area contributed by atoms with E-state index in [0.717, 1.165) is 61.7 Å². The van der Waals surface area contributed by atoms with Gasteiger partial charge in [0.1, 0.15) is 17.0 Å². The molecule has 5 heterocycles. The summed E-state index contributed by atoms with van der Waals surface area (Å²) in [5.41, 5.74) is 1.22. The Bertz CT molecular complexity index is 1040. The van der Waals surface area contributed by atoms with Crippen molar-refractivity contribution in [1.82, 2.24) is 24.6 Å². The fourth-order valence-electron chi connectivity index (χ4n) is 4.83. The Balaban J connectivity index is 1.31. The number of piperidine rings is 1. The maximum atomic E-state index is 12.8. The van der Waals surface area contributed by atoms with E-state index in [2.05, 4.69) is 31.1 Å². The first-order valence-electron chi connectivity index (χ1n) is 10.1. The molecule has 2 saturated heterocycles. The molecule has 2 aliphatic rings. The molecule has 160 valence electrons. The molecule has 0 aromatic carbocycles. The average Bonchev–Trinajstić information content (AvgIpc) is 3.36. The van der Waals surface area contributed by atoms with Crippen LogP contribution in [0.15, 0.2) is 24.8 Å². The Morgan fingerprint density at radius 1 is 1.17 bits per heavy atom. The molecular formula is C20H23F3N6S. The van der Waals surface area contributed by atoms with Gasteiger partial charge in [-0.15, -0.1) is 11.3 Å². The summed E-state index contributed by atoms with van der Waals surface area (Å²) in [5.74, 6) is 1.96. The van der Waals surface area contributed by atoms with Crippen molar-refractivity contribution in [1.29, 1.82) is 0 Å². The number of anilines is 1. The normalized spacial score (nSPS) is 22.7. The third-order valence-corrected chi connectivity index (χ3v) is 7.12. The molecule has 3 aromatic rings. The Labute approximate surface area is 176 Å². The second-order valence-electron chi connectivity index (χ2n) is 8.39. The van der Waals surface area contributed by atoms with Gasteiger partial charge in [0.05, 0.1) is 18.0 Å². The number of alkyl halides is 3. The molecule has 0 N–H and O–H groups in total. The predicted octanol–water partition coefficient (Wildman–Crippen LogP) is 3.49. The summed E-state index contributed by atoms with van der Waals surface area (Å²) >= 11 is 1.11. The molecule has 0 aliphatic carbocycles. The molecule has 2 atom stereocenters. The van der Waals surface area contributed by atoms with E-state index in [9.17, 15) is 13.2 Å². The molecular weight excluding hydrogens is 413 g/mol. The number of nitrogens with zero attached hydrogens (tertiary/aromatic N) is 6. The van der Waals surface area contributed by atoms with E-state index in [-0.39, 0.29) is 4.88 Å².